The van der Waals surface area contributed by atoms with Gasteiger partial charge in [0.1, 0.15) is 11.5 Å². The van der Waals surface area contributed by atoms with Crippen molar-refractivity contribution in [1.82, 2.24) is 20.0 Å². The Kier molecular flexibility index (Phi) is 5.53. The molecule has 3 fully saturated rings. The first-order chi connectivity index (χ1) is 16.9. The van der Waals surface area contributed by atoms with Crippen molar-refractivity contribution in [3.8, 4) is 11.3 Å². The van der Waals surface area contributed by atoms with Gasteiger partial charge in [0, 0.05) is 42.5 Å². The highest BCUT2D eigenvalue weighted by molar-refractivity contribution is 5.68. The summed E-state index contributed by atoms with van der Waals surface area (Å²) in [5.41, 5.74) is 4.73. The number of aromatic nitrogens is 4. The quantitative estimate of drug-likeness (QED) is 0.555. The summed E-state index contributed by atoms with van der Waals surface area (Å²) >= 11 is 0. The molecule has 0 atom stereocenters. The lowest BCUT2D eigenvalue weighted by Gasteiger charge is -2.54. The smallest absolute Gasteiger partial charge is 0.177 e. The van der Waals surface area contributed by atoms with Crippen molar-refractivity contribution in [3.05, 3.63) is 54.4 Å². The molecule has 3 saturated heterocycles. The van der Waals surface area contributed by atoms with Crippen molar-refractivity contribution >= 4 is 11.5 Å². The predicted octanol–water partition coefficient (Wildman–Crippen LogP) is 3.91. The summed E-state index contributed by atoms with van der Waals surface area (Å²) in [7, 11) is 0. The van der Waals surface area contributed by atoms with Gasteiger partial charge in [-0.15, -0.1) is 5.10 Å². The Labute approximate surface area is 206 Å². The average Bonchev–Trinajstić information content (AvgIpc) is 3.47. The van der Waals surface area contributed by atoms with E-state index in [1.165, 1.54) is 24.1 Å². The highest BCUT2D eigenvalue weighted by Crippen LogP contribution is 2.42. The molecule has 3 aromatic rings. The summed E-state index contributed by atoms with van der Waals surface area (Å²) in [6.45, 7) is 11.5. The minimum Gasteiger partial charge on any atom is -0.367 e. The van der Waals surface area contributed by atoms with E-state index in [9.17, 15) is 0 Å². The Morgan fingerprint density at radius 2 is 1.91 bits per heavy atom. The van der Waals surface area contributed by atoms with Crippen LogP contribution in [0.25, 0.3) is 11.3 Å². The number of pyridine rings is 1. The number of rotatable bonds is 5. The summed E-state index contributed by atoms with van der Waals surface area (Å²) in [5, 5.41) is 8.75. The van der Waals surface area contributed by atoms with E-state index in [0.717, 1.165) is 36.7 Å². The molecule has 8 nitrogen and oxygen atoms in total. The Morgan fingerprint density at radius 3 is 2.66 bits per heavy atom. The maximum absolute atomic E-state index is 5.85. The number of hydrogen-bond acceptors (Lipinski definition) is 7. The lowest BCUT2D eigenvalue weighted by molar-refractivity contribution is -0.227. The van der Waals surface area contributed by atoms with Crippen LogP contribution in [0.1, 0.15) is 32.3 Å². The molecule has 2 aromatic heterocycles. The topological polar surface area (TPSA) is 68.5 Å². The van der Waals surface area contributed by atoms with E-state index >= 15 is 0 Å². The Bertz CT molecular complexity index is 1180. The molecule has 8 heteroatoms. The third kappa shape index (κ3) is 4.29. The molecule has 1 aromatic carbocycles. The molecule has 6 rings (SSSR count). The molecule has 35 heavy (non-hydrogen) atoms. The molecule has 3 aliphatic heterocycles. The Morgan fingerprint density at radius 1 is 1.09 bits per heavy atom. The normalized spacial score (nSPS) is 21.5. The molecule has 0 radical (unpaired) electrons. The first-order valence-electron chi connectivity index (χ1n) is 12.6. The van der Waals surface area contributed by atoms with Gasteiger partial charge in [-0.25, -0.2) is 9.67 Å². The van der Waals surface area contributed by atoms with Gasteiger partial charge in [-0.2, -0.15) is 0 Å². The van der Waals surface area contributed by atoms with Crippen LogP contribution < -0.4 is 9.80 Å². The van der Waals surface area contributed by atoms with Gasteiger partial charge >= 0.3 is 0 Å². The van der Waals surface area contributed by atoms with Crippen molar-refractivity contribution < 1.29 is 9.47 Å². The third-order valence-corrected chi connectivity index (χ3v) is 7.54. The molecule has 184 valence electrons. The second-order valence-electron chi connectivity index (χ2n) is 11.1. The minimum absolute atomic E-state index is 0.0630. The fourth-order valence-corrected chi connectivity index (χ4v) is 5.61. The van der Waals surface area contributed by atoms with Gasteiger partial charge < -0.3 is 19.3 Å². The molecule has 0 amide bonds. The van der Waals surface area contributed by atoms with Gasteiger partial charge in [-0.05, 0) is 49.6 Å². The van der Waals surface area contributed by atoms with E-state index < -0.39 is 0 Å². The van der Waals surface area contributed by atoms with Crippen LogP contribution in [-0.4, -0.2) is 64.7 Å². The summed E-state index contributed by atoms with van der Waals surface area (Å²) in [4.78, 5) is 9.61. The van der Waals surface area contributed by atoms with Crippen molar-refractivity contribution in [3.63, 3.8) is 0 Å². The largest absolute Gasteiger partial charge is 0.367 e. The maximum Gasteiger partial charge on any atom is 0.177 e. The van der Waals surface area contributed by atoms with Crippen molar-refractivity contribution in [2.75, 3.05) is 42.6 Å². The van der Waals surface area contributed by atoms with E-state index in [0.29, 0.717) is 19.8 Å². The van der Waals surface area contributed by atoms with E-state index in [4.69, 9.17) is 9.47 Å². The van der Waals surface area contributed by atoms with Gasteiger partial charge in [0.25, 0.3) is 0 Å². The molecule has 0 unspecified atom stereocenters. The summed E-state index contributed by atoms with van der Waals surface area (Å²) in [6.07, 6.45) is 6.06. The van der Waals surface area contributed by atoms with Crippen molar-refractivity contribution in [1.29, 1.82) is 0 Å². The van der Waals surface area contributed by atoms with Crippen LogP contribution in [-0.2, 0) is 16.0 Å². The average molecular weight is 475 g/mol. The van der Waals surface area contributed by atoms with Crippen molar-refractivity contribution in [2.45, 2.75) is 52.0 Å². The molecular formula is C27H34N6O2. The fraction of sp³-hybridized carbons (Fsp3) is 0.519. The molecule has 5 heterocycles. The van der Waals surface area contributed by atoms with Gasteiger partial charge in [-0.1, -0.05) is 31.2 Å². The van der Waals surface area contributed by atoms with Gasteiger partial charge in [0.2, 0.25) is 0 Å². The molecular weight excluding hydrogens is 440 g/mol. The number of benzene rings is 1. The van der Waals surface area contributed by atoms with Gasteiger partial charge in [0.05, 0.1) is 31.5 Å². The number of aryl methyl sites for hydroxylation is 1. The molecule has 0 aliphatic carbocycles. The second-order valence-corrected chi connectivity index (χ2v) is 11.1. The molecule has 0 bridgehead atoms. The zero-order chi connectivity index (χ0) is 24.0. The first-order valence-corrected chi connectivity index (χ1v) is 12.6. The number of nitrogens with zero attached hydrogens (tertiary/aromatic N) is 6. The lowest BCUT2D eigenvalue weighted by atomic mass is 9.86. The predicted molar refractivity (Wildman–Crippen MR) is 135 cm³/mol. The van der Waals surface area contributed by atoms with Crippen LogP contribution in [0.5, 0.6) is 0 Å². The first kappa shape index (κ1) is 22.5. The standard InChI is InChI=1S/C27H34N6O2/c1-20-13-21(31-16-27(17-31)10-6-12-33(27)24-7-4-5-11-28-24)8-9-22(20)23-14-32(30-29-23)15-25-34-18-26(2,3)19-35-25/h4-5,7-9,11,13-14,25H,6,10,12,15-19H2,1-3H3. The second kappa shape index (κ2) is 8.60. The highest BCUT2D eigenvalue weighted by Gasteiger charge is 2.50. The van der Waals surface area contributed by atoms with Crippen LogP contribution in [0.2, 0.25) is 0 Å². The van der Waals surface area contributed by atoms with Crippen LogP contribution in [0.15, 0.2) is 48.8 Å². The monoisotopic (exact) mass is 474 g/mol. The molecule has 1 spiro atoms. The third-order valence-electron chi connectivity index (χ3n) is 7.54. The Hall–Kier alpha value is -2.97. The van der Waals surface area contributed by atoms with Gasteiger partial charge in [0.15, 0.2) is 6.29 Å². The zero-order valence-electron chi connectivity index (χ0n) is 20.9. The molecule has 0 N–H and O–H groups in total. The number of ether oxygens (including phenoxy) is 2. The summed E-state index contributed by atoms with van der Waals surface area (Å²) in [6, 6.07) is 12.9. The number of hydrogen-bond donors (Lipinski definition) is 0. The summed E-state index contributed by atoms with van der Waals surface area (Å²) in [5.74, 6) is 1.10. The van der Waals surface area contributed by atoms with Crippen LogP contribution in [0.4, 0.5) is 11.5 Å². The minimum atomic E-state index is -0.277. The highest BCUT2D eigenvalue weighted by atomic mass is 16.7. The molecule has 3 aliphatic rings. The van der Waals surface area contributed by atoms with Crippen molar-refractivity contribution in [2.24, 2.45) is 5.41 Å². The fourth-order valence-electron chi connectivity index (χ4n) is 5.61. The summed E-state index contributed by atoms with van der Waals surface area (Å²) < 4.78 is 13.5. The van der Waals surface area contributed by atoms with E-state index in [1.807, 2.05) is 23.1 Å². The van der Waals surface area contributed by atoms with Gasteiger partial charge in [-0.3, -0.25) is 0 Å². The zero-order valence-corrected chi connectivity index (χ0v) is 20.9. The SMILES string of the molecule is Cc1cc(N2CC3(CCCN3c3ccccn3)C2)ccc1-c1cn(CC2OCC(C)(C)CO2)nn1. The van der Waals surface area contributed by atoms with E-state index in [1.54, 1.807) is 0 Å². The Balaban J connectivity index is 1.11. The number of anilines is 2. The maximum atomic E-state index is 5.85. The van der Waals surface area contributed by atoms with Crippen LogP contribution in [0, 0.1) is 12.3 Å². The van der Waals surface area contributed by atoms with E-state index in [2.05, 4.69) is 76.2 Å². The van der Waals surface area contributed by atoms with Crippen LogP contribution in [0.3, 0.4) is 0 Å². The van der Waals surface area contributed by atoms with E-state index in [-0.39, 0.29) is 17.2 Å². The molecule has 0 saturated carbocycles. The van der Waals surface area contributed by atoms with Crippen LogP contribution >= 0.6 is 0 Å². The lowest BCUT2D eigenvalue weighted by Crippen LogP contribution is -2.68.